The maximum absolute atomic E-state index is 14.4. The molecule has 0 saturated heterocycles. The van der Waals surface area contributed by atoms with Crippen LogP contribution in [-0.4, -0.2) is 20.6 Å². The minimum atomic E-state index is -1.06. The van der Waals surface area contributed by atoms with Crippen LogP contribution in [-0.2, 0) is 10.2 Å². The molecule has 1 saturated carbocycles. The summed E-state index contributed by atoms with van der Waals surface area (Å²) in [7, 11) is 0. The van der Waals surface area contributed by atoms with Gasteiger partial charge < -0.3 is 10.8 Å². The number of hydrogen-bond acceptors (Lipinski definition) is 4. The molecule has 1 spiro atoms. The first-order chi connectivity index (χ1) is 11.3. The Labute approximate surface area is 140 Å². The Bertz CT molecular complexity index is 952. The van der Waals surface area contributed by atoms with E-state index >= 15 is 0 Å². The zero-order chi connectivity index (χ0) is 17.2. The zero-order valence-corrected chi connectivity index (χ0v) is 13.2. The molecule has 8 heteroatoms. The molecule has 3 N–H and O–H groups in total. The summed E-state index contributed by atoms with van der Waals surface area (Å²) >= 11 is 5.81. The smallest absolute Gasteiger partial charge is 0.326 e. The lowest BCUT2D eigenvalue weighted by Crippen LogP contribution is -2.28. The summed E-state index contributed by atoms with van der Waals surface area (Å²) in [5.41, 5.74) is 5.08. The van der Waals surface area contributed by atoms with Gasteiger partial charge in [0.15, 0.2) is 5.82 Å². The number of carbonyl (C=O) groups is 1. The van der Waals surface area contributed by atoms with Crippen LogP contribution in [0.3, 0.4) is 0 Å². The molecule has 1 atom stereocenters. The van der Waals surface area contributed by atoms with Gasteiger partial charge in [-0.15, -0.1) is 0 Å². The van der Waals surface area contributed by atoms with E-state index in [4.69, 9.17) is 17.3 Å². The van der Waals surface area contributed by atoms with E-state index in [1.54, 1.807) is 0 Å². The number of rotatable bonds is 2. The van der Waals surface area contributed by atoms with Gasteiger partial charge in [-0.3, -0.25) is 9.36 Å². The Morgan fingerprint density at radius 2 is 2.17 bits per heavy atom. The molecule has 2 aliphatic rings. The molecule has 4 rings (SSSR count). The lowest BCUT2D eigenvalue weighted by atomic mass is 10.0. The Morgan fingerprint density at radius 1 is 1.46 bits per heavy atom. The largest absolute Gasteiger partial charge is 0.480 e. The van der Waals surface area contributed by atoms with E-state index < -0.39 is 28.8 Å². The molecule has 6 nitrogen and oxygen atoms in total. The number of anilines is 1. The van der Waals surface area contributed by atoms with Crippen molar-refractivity contribution in [3.05, 3.63) is 45.2 Å². The number of nitrogen functional groups attached to an aromatic ring is 1. The van der Waals surface area contributed by atoms with Crippen molar-refractivity contribution in [3.63, 3.8) is 0 Å². The molecule has 1 aliphatic carbocycles. The van der Waals surface area contributed by atoms with Gasteiger partial charge in [0.05, 0.1) is 16.3 Å². The van der Waals surface area contributed by atoms with Gasteiger partial charge >= 0.3 is 5.97 Å². The monoisotopic (exact) mass is 349 g/mol. The highest BCUT2D eigenvalue weighted by molar-refractivity contribution is 6.31. The summed E-state index contributed by atoms with van der Waals surface area (Å²) in [6.07, 6.45) is 1.86. The van der Waals surface area contributed by atoms with Gasteiger partial charge in [-0.1, -0.05) is 11.6 Å². The van der Waals surface area contributed by atoms with E-state index in [9.17, 15) is 19.1 Å². The van der Waals surface area contributed by atoms with E-state index in [-0.39, 0.29) is 22.0 Å². The number of aromatic nitrogens is 2. The van der Waals surface area contributed by atoms with Gasteiger partial charge in [0.1, 0.15) is 11.9 Å². The fourth-order valence-corrected chi connectivity index (χ4v) is 3.61. The molecular formula is C16H13ClFN3O3. The van der Waals surface area contributed by atoms with Gasteiger partial charge in [-0.25, -0.2) is 14.2 Å². The zero-order valence-electron chi connectivity index (χ0n) is 12.4. The minimum absolute atomic E-state index is 0.0300. The van der Waals surface area contributed by atoms with Crippen LogP contribution in [0.2, 0.25) is 5.02 Å². The van der Waals surface area contributed by atoms with Crippen molar-refractivity contribution in [2.45, 2.75) is 30.7 Å². The quantitative estimate of drug-likeness (QED) is 0.811. The van der Waals surface area contributed by atoms with Crippen LogP contribution in [0, 0.1) is 5.82 Å². The molecule has 1 aromatic carbocycles. The summed E-state index contributed by atoms with van der Waals surface area (Å²) in [6.45, 7) is 0. The molecule has 0 amide bonds. The highest BCUT2D eigenvalue weighted by Gasteiger charge is 2.56. The molecule has 24 heavy (non-hydrogen) atoms. The normalized spacial score (nSPS) is 20.2. The first-order valence-corrected chi connectivity index (χ1v) is 7.82. The number of carboxylic acids is 1. The van der Waals surface area contributed by atoms with Crippen molar-refractivity contribution >= 4 is 23.3 Å². The van der Waals surface area contributed by atoms with Crippen LogP contribution in [0.5, 0.6) is 0 Å². The third kappa shape index (κ3) is 1.97. The molecular weight excluding hydrogens is 337 g/mol. The van der Waals surface area contributed by atoms with Gasteiger partial charge in [0, 0.05) is 17.2 Å². The number of benzene rings is 1. The van der Waals surface area contributed by atoms with Crippen molar-refractivity contribution in [2.75, 3.05) is 5.73 Å². The number of fused-ring (bicyclic) bond motifs is 2. The molecule has 1 aromatic heterocycles. The summed E-state index contributed by atoms with van der Waals surface area (Å²) in [5, 5.41) is 9.25. The van der Waals surface area contributed by atoms with E-state index in [0.717, 1.165) is 18.9 Å². The molecule has 1 fully saturated rings. The van der Waals surface area contributed by atoms with Gasteiger partial charge in [-0.05, 0) is 31.4 Å². The standard InChI is InChI=1S/C16H13ClFN3O3/c17-7-1-2-8(19)12(13(7)18)9-5-11(22)21-10(14(23)24)6-16(3-4-16)15(21)20-9/h1-2,5,10H,3-4,6,19H2,(H,23,24)/t10-/m0/s1. The summed E-state index contributed by atoms with van der Waals surface area (Å²) in [5.74, 6) is -1.41. The molecule has 124 valence electrons. The average molecular weight is 350 g/mol. The van der Waals surface area contributed by atoms with Gasteiger partial charge in [0.2, 0.25) is 0 Å². The van der Waals surface area contributed by atoms with Crippen molar-refractivity contribution in [3.8, 4) is 11.3 Å². The van der Waals surface area contributed by atoms with Crippen LogP contribution in [0.15, 0.2) is 23.0 Å². The maximum atomic E-state index is 14.4. The maximum Gasteiger partial charge on any atom is 0.326 e. The van der Waals surface area contributed by atoms with Crippen LogP contribution in [0.4, 0.5) is 10.1 Å². The number of aliphatic carboxylic acids is 1. The van der Waals surface area contributed by atoms with Crippen LogP contribution >= 0.6 is 11.6 Å². The van der Waals surface area contributed by atoms with Crippen molar-refractivity contribution in [1.82, 2.24) is 9.55 Å². The molecule has 0 radical (unpaired) electrons. The number of nitrogens with zero attached hydrogens (tertiary/aromatic N) is 2. The highest BCUT2D eigenvalue weighted by Crippen LogP contribution is 2.57. The topological polar surface area (TPSA) is 98.2 Å². The van der Waals surface area contributed by atoms with E-state index in [1.807, 2.05) is 0 Å². The second kappa shape index (κ2) is 4.80. The third-order valence-corrected chi connectivity index (χ3v) is 5.14. The molecule has 0 bridgehead atoms. The van der Waals surface area contributed by atoms with Crippen LogP contribution < -0.4 is 11.3 Å². The number of halogens is 2. The molecule has 1 aliphatic heterocycles. The number of hydrogen-bond donors (Lipinski definition) is 2. The van der Waals surface area contributed by atoms with Crippen molar-refractivity contribution in [1.29, 1.82) is 0 Å². The fraction of sp³-hybridized carbons (Fsp3) is 0.312. The number of carboxylic acid groups (broad SMARTS) is 1. The summed E-state index contributed by atoms with van der Waals surface area (Å²) in [4.78, 5) is 28.4. The Kier molecular flexibility index (Phi) is 3.02. The summed E-state index contributed by atoms with van der Waals surface area (Å²) < 4.78 is 15.6. The first-order valence-electron chi connectivity index (χ1n) is 7.45. The second-order valence-electron chi connectivity index (χ2n) is 6.34. The first kappa shape index (κ1) is 15.1. The second-order valence-corrected chi connectivity index (χ2v) is 6.74. The average Bonchev–Trinajstić information content (AvgIpc) is 3.21. The van der Waals surface area contributed by atoms with Gasteiger partial charge in [-0.2, -0.15) is 0 Å². The predicted molar refractivity (Wildman–Crippen MR) is 85.5 cm³/mol. The Hall–Kier alpha value is -2.41. The fourth-order valence-electron chi connectivity index (χ4n) is 3.45. The third-order valence-electron chi connectivity index (χ3n) is 4.84. The predicted octanol–water partition coefficient (Wildman–Crippen LogP) is 2.35. The van der Waals surface area contributed by atoms with E-state index in [2.05, 4.69) is 4.98 Å². The minimum Gasteiger partial charge on any atom is -0.480 e. The van der Waals surface area contributed by atoms with Crippen LogP contribution in [0.25, 0.3) is 11.3 Å². The number of nitrogens with two attached hydrogens (primary N) is 1. The molecule has 0 unspecified atom stereocenters. The van der Waals surface area contributed by atoms with E-state index in [0.29, 0.717) is 12.2 Å². The highest BCUT2D eigenvalue weighted by atomic mass is 35.5. The Morgan fingerprint density at radius 3 is 2.79 bits per heavy atom. The lowest BCUT2D eigenvalue weighted by Gasteiger charge is -2.13. The van der Waals surface area contributed by atoms with Gasteiger partial charge in [0.25, 0.3) is 5.56 Å². The lowest BCUT2D eigenvalue weighted by molar-refractivity contribution is -0.140. The Balaban J connectivity index is 1.97. The van der Waals surface area contributed by atoms with E-state index in [1.165, 1.54) is 16.7 Å². The van der Waals surface area contributed by atoms with Crippen molar-refractivity contribution in [2.24, 2.45) is 0 Å². The van der Waals surface area contributed by atoms with Crippen molar-refractivity contribution < 1.29 is 14.3 Å². The van der Waals surface area contributed by atoms with Crippen LogP contribution in [0.1, 0.15) is 31.1 Å². The summed E-state index contributed by atoms with van der Waals surface area (Å²) in [6, 6.07) is 2.96. The SMILES string of the molecule is Nc1ccc(Cl)c(F)c1-c1cc(=O)n2c(n1)C1(CC1)C[C@H]2C(=O)O. The molecule has 2 heterocycles. The molecule has 2 aromatic rings.